The normalized spacial score (nSPS) is 27.9. The van der Waals surface area contributed by atoms with E-state index in [0.29, 0.717) is 11.2 Å². The van der Waals surface area contributed by atoms with Crippen molar-refractivity contribution in [2.75, 3.05) is 31.9 Å². The van der Waals surface area contributed by atoms with E-state index in [1.807, 2.05) is 11.8 Å². The fourth-order valence-corrected chi connectivity index (χ4v) is 3.82. The monoisotopic (exact) mass is 292 g/mol. The molecule has 2 unspecified atom stereocenters. The first kappa shape index (κ1) is 16.1. The molecule has 18 heavy (non-hydrogen) atoms. The van der Waals surface area contributed by atoms with Crippen molar-refractivity contribution in [1.82, 2.24) is 10.2 Å². The third-order valence-corrected chi connectivity index (χ3v) is 5.25. The molecule has 2 aliphatic heterocycles. The standard InChI is InChI=1S/C13H24N2OS.ClH/c1-2-12-10-15(7-8-17-12)13(16)4-3-11-5-6-14-9-11;/h11-12,14H,2-10H2,1H3;1H. The number of halogens is 1. The van der Waals surface area contributed by atoms with E-state index in [9.17, 15) is 4.79 Å². The van der Waals surface area contributed by atoms with E-state index in [1.165, 1.54) is 12.8 Å². The minimum Gasteiger partial charge on any atom is -0.341 e. The molecule has 0 aromatic carbocycles. The first-order chi connectivity index (χ1) is 8.29. The zero-order valence-corrected chi connectivity index (χ0v) is 12.8. The molecule has 1 amide bonds. The Labute approximate surface area is 121 Å². The number of hydrogen-bond acceptors (Lipinski definition) is 3. The van der Waals surface area contributed by atoms with Gasteiger partial charge in [-0.1, -0.05) is 6.92 Å². The van der Waals surface area contributed by atoms with Crippen LogP contribution in [0.2, 0.25) is 0 Å². The quantitative estimate of drug-likeness (QED) is 0.862. The van der Waals surface area contributed by atoms with Crippen molar-refractivity contribution in [3.63, 3.8) is 0 Å². The molecule has 2 fully saturated rings. The molecule has 2 atom stereocenters. The summed E-state index contributed by atoms with van der Waals surface area (Å²) in [4.78, 5) is 14.2. The van der Waals surface area contributed by atoms with Gasteiger partial charge in [0, 0.05) is 30.5 Å². The minimum absolute atomic E-state index is 0. The van der Waals surface area contributed by atoms with Crippen LogP contribution >= 0.6 is 24.2 Å². The van der Waals surface area contributed by atoms with Gasteiger partial charge in [-0.15, -0.1) is 12.4 Å². The van der Waals surface area contributed by atoms with E-state index in [4.69, 9.17) is 0 Å². The Bertz CT molecular complexity index is 259. The lowest BCUT2D eigenvalue weighted by Crippen LogP contribution is -2.41. The van der Waals surface area contributed by atoms with Crippen LogP contribution in [0.3, 0.4) is 0 Å². The van der Waals surface area contributed by atoms with Gasteiger partial charge in [0.25, 0.3) is 0 Å². The summed E-state index contributed by atoms with van der Waals surface area (Å²) in [5.41, 5.74) is 0. The fourth-order valence-electron chi connectivity index (χ4n) is 2.64. The van der Waals surface area contributed by atoms with Gasteiger partial charge in [0.05, 0.1) is 0 Å². The molecule has 2 saturated heterocycles. The topological polar surface area (TPSA) is 32.3 Å². The average Bonchev–Trinajstić information content (AvgIpc) is 2.89. The van der Waals surface area contributed by atoms with Crippen molar-refractivity contribution >= 4 is 30.1 Å². The molecular formula is C13H25ClN2OS. The Kier molecular flexibility index (Phi) is 7.42. The molecule has 2 rings (SSSR count). The highest BCUT2D eigenvalue weighted by atomic mass is 35.5. The van der Waals surface area contributed by atoms with Gasteiger partial charge in [0.15, 0.2) is 0 Å². The molecular weight excluding hydrogens is 268 g/mol. The Morgan fingerprint density at radius 3 is 3.00 bits per heavy atom. The lowest BCUT2D eigenvalue weighted by atomic mass is 10.0. The molecule has 0 aliphatic carbocycles. The van der Waals surface area contributed by atoms with Crippen LogP contribution < -0.4 is 5.32 Å². The highest BCUT2D eigenvalue weighted by Gasteiger charge is 2.23. The van der Waals surface area contributed by atoms with Crippen LogP contribution in [0.1, 0.15) is 32.6 Å². The molecule has 3 nitrogen and oxygen atoms in total. The average molecular weight is 293 g/mol. The van der Waals surface area contributed by atoms with E-state index in [2.05, 4.69) is 17.1 Å². The Hall–Kier alpha value is 0.0700. The number of thioether (sulfide) groups is 1. The third kappa shape index (κ3) is 4.63. The maximum Gasteiger partial charge on any atom is 0.222 e. The molecule has 1 N–H and O–H groups in total. The van der Waals surface area contributed by atoms with Gasteiger partial charge >= 0.3 is 0 Å². The van der Waals surface area contributed by atoms with Gasteiger partial charge in [0.2, 0.25) is 5.91 Å². The second-order valence-electron chi connectivity index (χ2n) is 5.14. The molecule has 0 bridgehead atoms. The van der Waals surface area contributed by atoms with Crippen molar-refractivity contribution < 1.29 is 4.79 Å². The highest BCUT2D eigenvalue weighted by molar-refractivity contribution is 8.00. The van der Waals surface area contributed by atoms with Gasteiger partial charge in [-0.05, 0) is 38.3 Å². The van der Waals surface area contributed by atoms with Crippen LogP contribution in [0, 0.1) is 5.92 Å². The van der Waals surface area contributed by atoms with Gasteiger partial charge in [-0.3, -0.25) is 4.79 Å². The second-order valence-corrected chi connectivity index (χ2v) is 6.55. The number of hydrogen-bond donors (Lipinski definition) is 1. The van der Waals surface area contributed by atoms with Crippen molar-refractivity contribution in [2.45, 2.75) is 37.9 Å². The molecule has 5 heteroatoms. The van der Waals surface area contributed by atoms with Crippen LogP contribution in [0.25, 0.3) is 0 Å². The lowest BCUT2D eigenvalue weighted by Gasteiger charge is -2.32. The molecule has 2 heterocycles. The summed E-state index contributed by atoms with van der Waals surface area (Å²) in [5.74, 6) is 2.24. The zero-order valence-electron chi connectivity index (χ0n) is 11.2. The smallest absolute Gasteiger partial charge is 0.222 e. The number of nitrogens with zero attached hydrogens (tertiary/aromatic N) is 1. The summed E-state index contributed by atoms with van der Waals surface area (Å²) >= 11 is 2.02. The molecule has 0 spiro atoms. The van der Waals surface area contributed by atoms with Gasteiger partial charge in [0.1, 0.15) is 0 Å². The lowest BCUT2D eigenvalue weighted by molar-refractivity contribution is -0.131. The minimum atomic E-state index is 0. The highest BCUT2D eigenvalue weighted by Crippen LogP contribution is 2.22. The molecule has 0 radical (unpaired) electrons. The molecule has 0 saturated carbocycles. The van der Waals surface area contributed by atoms with Crippen LogP contribution in [-0.4, -0.2) is 48.0 Å². The molecule has 0 aromatic rings. The summed E-state index contributed by atoms with van der Waals surface area (Å²) < 4.78 is 0. The van der Waals surface area contributed by atoms with Gasteiger partial charge in [-0.2, -0.15) is 11.8 Å². The maximum atomic E-state index is 12.1. The third-order valence-electron chi connectivity index (χ3n) is 3.88. The first-order valence-corrected chi connectivity index (χ1v) is 7.94. The summed E-state index contributed by atoms with van der Waals surface area (Å²) in [7, 11) is 0. The fraction of sp³-hybridized carbons (Fsp3) is 0.923. The first-order valence-electron chi connectivity index (χ1n) is 6.89. The SMILES string of the molecule is CCC1CN(C(=O)CCC2CCNC2)CCS1.Cl. The predicted molar refractivity (Wildman–Crippen MR) is 80.6 cm³/mol. The number of carbonyl (C=O) groups excluding carboxylic acids is 1. The predicted octanol–water partition coefficient (Wildman–Crippen LogP) is 2.15. The van der Waals surface area contributed by atoms with Crippen molar-refractivity contribution in [3.05, 3.63) is 0 Å². The number of amides is 1. The Morgan fingerprint density at radius 2 is 2.33 bits per heavy atom. The second kappa shape index (κ2) is 8.28. The number of carbonyl (C=O) groups is 1. The van der Waals surface area contributed by atoms with Crippen LogP contribution in [0.4, 0.5) is 0 Å². The van der Waals surface area contributed by atoms with Gasteiger partial charge < -0.3 is 10.2 Å². The van der Waals surface area contributed by atoms with Gasteiger partial charge in [-0.25, -0.2) is 0 Å². The van der Waals surface area contributed by atoms with E-state index < -0.39 is 0 Å². The largest absolute Gasteiger partial charge is 0.341 e. The summed E-state index contributed by atoms with van der Waals surface area (Å²) in [6.07, 6.45) is 4.27. The summed E-state index contributed by atoms with van der Waals surface area (Å²) in [6, 6.07) is 0. The zero-order chi connectivity index (χ0) is 12.1. The van der Waals surface area contributed by atoms with Crippen LogP contribution in [0.5, 0.6) is 0 Å². The summed E-state index contributed by atoms with van der Waals surface area (Å²) in [6.45, 7) is 6.40. The van der Waals surface area contributed by atoms with Crippen molar-refractivity contribution in [3.8, 4) is 0 Å². The Morgan fingerprint density at radius 1 is 1.50 bits per heavy atom. The Balaban J connectivity index is 0.00000162. The number of rotatable bonds is 4. The van der Waals surface area contributed by atoms with E-state index in [1.54, 1.807) is 0 Å². The van der Waals surface area contributed by atoms with Crippen molar-refractivity contribution in [1.29, 1.82) is 0 Å². The van der Waals surface area contributed by atoms with Crippen LogP contribution in [-0.2, 0) is 4.79 Å². The molecule has 2 aliphatic rings. The van der Waals surface area contributed by atoms with E-state index in [0.717, 1.165) is 50.7 Å². The molecule has 0 aromatic heterocycles. The number of nitrogens with one attached hydrogen (secondary N) is 1. The maximum absolute atomic E-state index is 12.1. The van der Waals surface area contributed by atoms with E-state index >= 15 is 0 Å². The van der Waals surface area contributed by atoms with Crippen molar-refractivity contribution in [2.24, 2.45) is 5.92 Å². The molecule has 106 valence electrons. The summed E-state index contributed by atoms with van der Waals surface area (Å²) in [5, 5.41) is 4.03. The van der Waals surface area contributed by atoms with E-state index in [-0.39, 0.29) is 12.4 Å². The van der Waals surface area contributed by atoms with Crippen LogP contribution in [0.15, 0.2) is 0 Å².